The van der Waals surface area contributed by atoms with Gasteiger partial charge in [-0.15, -0.1) is 0 Å². The third-order valence-corrected chi connectivity index (χ3v) is 5.59. The van der Waals surface area contributed by atoms with Gasteiger partial charge in [0.25, 0.3) is 9.84 Å². The summed E-state index contributed by atoms with van der Waals surface area (Å²) < 4.78 is 62.0. The van der Waals surface area contributed by atoms with Gasteiger partial charge in [-0.3, -0.25) is 4.98 Å². The average Bonchev–Trinajstić information content (AvgIpc) is 2.67. The minimum absolute atomic E-state index is 0.175. The van der Waals surface area contributed by atoms with E-state index in [1.54, 1.807) is 0 Å². The molecule has 2 N–H and O–H groups in total. The first-order valence-corrected chi connectivity index (χ1v) is 9.61. The average molecular weight is 442 g/mol. The standard InChI is InChI=1S/C17H13F3N4O5S/c1-23-14(25)22-15(26)24(16(23)27)12-6-2-10(3-7-12)21-11-4-8-13(9-5-11)30(28,29)17(18,19)20/h2-9,21H,1H3,(H,22,25,26). The second-order valence-corrected chi connectivity index (χ2v) is 8.00. The molecule has 30 heavy (non-hydrogen) atoms. The third kappa shape index (κ3) is 3.78. The third-order valence-electron chi connectivity index (χ3n) is 4.08. The summed E-state index contributed by atoms with van der Waals surface area (Å²) in [5.41, 5.74) is -7.07. The van der Waals surface area contributed by atoms with Crippen LogP contribution < -0.4 is 22.4 Å². The molecule has 2 aromatic carbocycles. The molecule has 0 saturated carbocycles. The molecule has 1 heterocycles. The molecule has 9 nitrogen and oxygen atoms in total. The molecule has 0 atom stereocenters. The Morgan fingerprint density at radius 3 is 1.87 bits per heavy atom. The van der Waals surface area contributed by atoms with Gasteiger partial charge in [0.2, 0.25) is 0 Å². The molecule has 0 aliphatic carbocycles. The minimum atomic E-state index is -5.43. The van der Waals surface area contributed by atoms with Crippen LogP contribution >= 0.6 is 0 Å². The maximum Gasteiger partial charge on any atom is 0.501 e. The Balaban J connectivity index is 1.86. The zero-order chi connectivity index (χ0) is 22.3. The Labute approximate surface area is 166 Å². The Kier molecular flexibility index (Phi) is 5.16. The van der Waals surface area contributed by atoms with E-state index in [4.69, 9.17) is 0 Å². The molecular formula is C17H13F3N4O5S. The van der Waals surface area contributed by atoms with Crippen LogP contribution in [0.15, 0.2) is 67.8 Å². The fourth-order valence-corrected chi connectivity index (χ4v) is 3.26. The van der Waals surface area contributed by atoms with E-state index in [-0.39, 0.29) is 5.69 Å². The molecule has 0 saturated heterocycles. The van der Waals surface area contributed by atoms with Gasteiger partial charge in [0.15, 0.2) is 0 Å². The lowest BCUT2D eigenvalue weighted by Crippen LogP contribution is -2.47. The van der Waals surface area contributed by atoms with Gasteiger partial charge in [-0.1, -0.05) is 0 Å². The van der Waals surface area contributed by atoms with Gasteiger partial charge in [-0.25, -0.2) is 31.9 Å². The van der Waals surface area contributed by atoms with Crippen LogP contribution in [0.3, 0.4) is 0 Å². The predicted molar refractivity (Wildman–Crippen MR) is 101 cm³/mol. The number of nitrogens with zero attached hydrogens (tertiary/aromatic N) is 2. The highest BCUT2D eigenvalue weighted by atomic mass is 32.2. The number of H-pyrrole nitrogens is 1. The number of anilines is 2. The number of sulfone groups is 1. The molecule has 0 unspecified atom stereocenters. The van der Waals surface area contributed by atoms with Crippen molar-refractivity contribution in [2.45, 2.75) is 10.4 Å². The van der Waals surface area contributed by atoms with Gasteiger partial charge < -0.3 is 5.32 Å². The zero-order valence-electron chi connectivity index (χ0n) is 15.1. The maximum absolute atomic E-state index is 12.6. The number of nitrogens with one attached hydrogen (secondary N) is 2. The van der Waals surface area contributed by atoms with Crippen molar-refractivity contribution in [2.24, 2.45) is 7.05 Å². The molecule has 1 aromatic heterocycles. The van der Waals surface area contributed by atoms with E-state index in [2.05, 4.69) is 5.32 Å². The van der Waals surface area contributed by atoms with Crippen molar-refractivity contribution in [3.63, 3.8) is 0 Å². The fraction of sp³-hybridized carbons (Fsp3) is 0.118. The molecule has 158 valence electrons. The number of aromatic nitrogens is 3. The van der Waals surface area contributed by atoms with Crippen LogP contribution in [0, 0.1) is 0 Å². The van der Waals surface area contributed by atoms with Crippen LogP contribution in [-0.2, 0) is 16.9 Å². The monoisotopic (exact) mass is 442 g/mol. The molecule has 0 spiro atoms. The molecule has 0 amide bonds. The van der Waals surface area contributed by atoms with Crippen molar-refractivity contribution in [1.29, 1.82) is 0 Å². The number of hydrogen-bond acceptors (Lipinski definition) is 6. The van der Waals surface area contributed by atoms with Crippen molar-refractivity contribution in [3.8, 4) is 5.69 Å². The topological polar surface area (TPSA) is 123 Å². The molecule has 0 aliphatic heterocycles. The van der Waals surface area contributed by atoms with Crippen LogP contribution in [0.25, 0.3) is 5.69 Å². The molecule has 0 radical (unpaired) electrons. The van der Waals surface area contributed by atoms with Gasteiger partial charge in [0.1, 0.15) is 0 Å². The van der Waals surface area contributed by atoms with Gasteiger partial charge >= 0.3 is 22.6 Å². The normalized spacial score (nSPS) is 12.0. The van der Waals surface area contributed by atoms with E-state index in [1.165, 1.54) is 31.3 Å². The van der Waals surface area contributed by atoms with Crippen LogP contribution in [0.4, 0.5) is 24.5 Å². The van der Waals surface area contributed by atoms with Crippen molar-refractivity contribution >= 4 is 21.2 Å². The number of rotatable bonds is 4. The van der Waals surface area contributed by atoms with Crippen molar-refractivity contribution < 1.29 is 21.6 Å². The van der Waals surface area contributed by atoms with Crippen molar-refractivity contribution in [1.82, 2.24) is 14.1 Å². The van der Waals surface area contributed by atoms with Gasteiger partial charge in [0.05, 0.1) is 10.6 Å². The summed E-state index contributed by atoms with van der Waals surface area (Å²) in [6, 6.07) is 9.74. The molecule has 0 fully saturated rings. The first-order valence-electron chi connectivity index (χ1n) is 8.13. The van der Waals surface area contributed by atoms with E-state index in [0.29, 0.717) is 11.4 Å². The summed E-state index contributed by atoms with van der Waals surface area (Å²) in [5, 5.41) is 2.85. The number of aromatic amines is 1. The first kappa shape index (κ1) is 21.1. The summed E-state index contributed by atoms with van der Waals surface area (Å²) in [4.78, 5) is 36.6. The lowest BCUT2D eigenvalue weighted by molar-refractivity contribution is -0.0436. The quantitative estimate of drug-likeness (QED) is 0.627. The largest absolute Gasteiger partial charge is 0.501 e. The maximum atomic E-state index is 12.6. The molecule has 13 heteroatoms. The number of hydrogen-bond donors (Lipinski definition) is 2. The SMILES string of the molecule is Cn1c(=O)[nH]c(=O)n(-c2ccc(Nc3ccc(S(=O)(=O)C(F)(F)F)cc3)cc2)c1=O. The van der Waals surface area contributed by atoms with E-state index in [9.17, 15) is 36.0 Å². The van der Waals surface area contributed by atoms with Gasteiger partial charge in [0, 0.05) is 18.4 Å². The Morgan fingerprint density at radius 1 is 0.867 bits per heavy atom. The highest BCUT2D eigenvalue weighted by Gasteiger charge is 2.46. The van der Waals surface area contributed by atoms with Crippen LogP contribution in [0.1, 0.15) is 0 Å². The van der Waals surface area contributed by atoms with E-state index in [0.717, 1.165) is 33.4 Å². The fourth-order valence-electron chi connectivity index (χ4n) is 2.49. The lowest BCUT2D eigenvalue weighted by Gasteiger charge is -2.11. The highest BCUT2D eigenvalue weighted by molar-refractivity contribution is 7.92. The van der Waals surface area contributed by atoms with E-state index in [1.807, 2.05) is 4.98 Å². The van der Waals surface area contributed by atoms with Crippen LogP contribution in [-0.4, -0.2) is 28.0 Å². The van der Waals surface area contributed by atoms with Crippen LogP contribution in [0.5, 0.6) is 0 Å². The highest BCUT2D eigenvalue weighted by Crippen LogP contribution is 2.31. The number of benzene rings is 2. The Hall–Kier alpha value is -3.61. The molecule has 0 aliphatic rings. The summed E-state index contributed by atoms with van der Waals surface area (Å²) in [5.74, 6) is 0. The van der Waals surface area contributed by atoms with Gasteiger partial charge in [-0.2, -0.15) is 13.2 Å². The van der Waals surface area contributed by atoms with Crippen molar-refractivity contribution in [2.75, 3.05) is 5.32 Å². The summed E-state index contributed by atoms with van der Waals surface area (Å²) in [6.07, 6.45) is 0. The number of halogens is 3. The smallest absolute Gasteiger partial charge is 0.356 e. The second-order valence-electron chi connectivity index (χ2n) is 6.06. The van der Waals surface area contributed by atoms with Crippen molar-refractivity contribution in [3.05, 3.63) is 80.0 Å². The predicted octanol–water partition coefficient (Wildman–Crippen LogP) is 1.26. The summed E-state index contributed by atoms with van der Waals surface area (Å²) in [7, 11) is -4.23. The Morgan fingerprint density at radius 2 is 1.37 bits per heavy atom. The molecule has 3 aromatic rings. The molecule has 3 rings (SSSR count). The zero-order valence-corrected chi connectivity index (χ0v) is 15.9. The molecular weight excluding hydrogens is 429 g/mol. The Bertz CT molecular complexity index is 1370. The molecule has 0 bridgehead atoms. The lowest BCUT2D eigenvalue weighted by atomic mass is 10.2. The van der Waals surface area contributed by atoms with Crippen LogP contribution in [0.2, 0.25) is 0 Å². The summed E-state index contributed by atoms with van der Waals surface area (Å²) in [6.45, 7) is 0. The second kappa shape index (κ2) is 7.33. The van der Waals surface area contributed by atoms with E-state index >= 15 is 0 Å². The van der Waals surface area contributed by atoms with Gasteiger partial charge in [-0.05, 0) is 48.5 Å². The van der Waals surface area contributed by atoms with E-state index < -0.39 is 37.3 Å². The first-order chi connectivity index (χ1) is 13.9. The number of alkyl halides is 3. The minimum Gasteiger partial charge on any atom is -0.356 e. The summed E-state index contributed by atoms with van der Waals surface area (Å²) >= 11 is 0.